The topological polar surface area (TPSA) is 54.7 Å². The third-order valence-electron chi connectivity index (χ3n) is 4.22. The van der Waals surface area contributed by atoms with Gasteiger partial charge < -0.3 is 14.5 Å². The first kappa shape index (κ1) is 19.6. The number of ether oxygens (including phenoxy) is 1. The van der Waals surface area contributed by atoms with Crippen LogP contribution in [0.15, 0.2) is 47.3 Å². The molecule has 9 heteroatoms. The van der Waals surface area contributed by atoms with Crippen LogP contribution in [0.3, 0.4) is 0 Å². The molecule has 1 aliphatic heterocycles. The predicted octanol–water partition coefficient (Wildman–Crippen LogP) is 3.70. The van der Waals surface area contributed by atoms with Crippen LogP contribution in [-0.2, 0) is 0 Å². The zero-order valence-electron chi connectivity index (χ0n) is 14.4. The molecule has 5 nitrogen and oxygen atoms in total. The predicted molar refractivity (Wildman–Crippen MR) is 95.8 cm³/mol. The minimum Gasteiger partial charge on any atom is -0.472 e. The van der Waals surface area contributed by atoms with E-state index in [-0.39, 0.29) is 23.3 Å². The van der Waals surface area contributed by atoms with Crippen LogP contribution >= 0.6 is 11.8 Å². The normalized spacial score (nSPS) is 16.7. The molecule has 2 aromatic rings. The van der Waals surface area contributed by atoms with Gasteiger partial charge in [0.05, 0.1) is 18.6 Å². The monoisotopic (exact) mass is 400 g/mol. The Morgan fingerprint density at radius 3 is 2.52 bits per heavy atom. The summed E-state index contributed by atoms with van der Waals surface area (Å²) < 4.78 is 45.6. The van der Waals surface area contributed by atoms with Crippen LogP contribution in [-0.4, -0.2) is 48.3 Å². The number of nitrogens with one attached hydrogen (secondary N) is 1. The van der Waals surface area contributed by atoms with Gasteiger partial charge in [0, 0.05) is 42.3 Å². The Morgan fingerprint density at radius 1 is 1.22 bits per heavy atom. The van der Waals surface area contributed by atoms with Crippen LogP contribution in [0.4, 0.5) is 13.2 Å². The summed E-state index contributed by atoms with van der Waals surface area (Å²) in [6.07, 6.45) is -1.49. The Labute approximate surface area is 158 Å². The highest BCUT2D eigenvalue weighted by Crippen LogP contribution is 2.25. The number of furan rings is 1. The standard InChI is InChI=1S/C18H19F3N2O3S/c19-18(20,21)26-15-3-1-13(2-4-15)17(24)22-11-16(14-5-8-25-12-14)23-6-9-27-10-7-23/h1-5,8,12,16H,6-7,9-11H2,(H,22,24)/t16-/m0/s1. The van der Waals surface area contributed by atoms with Gasteiger partial charge in [-0.25, -0.2) is 0 Å². The first-order chi connectivity index (χ1) is 12.9. The van der Waals surface area contributed by atoms with E-state index in [1.54, 1.807) is 12.5 Å². The van der Waals surface area contributed by atoms with Crippen molar-refractivity contribution in [2.45, 2.75) is 12.4 Å². The third kappa shape index (κ3) is 5.67. The number of benzene rings is 1. The lowest BCUT2D eigenvalue weighted by Crippen LogP contribution is -2.41. The maximum Gasteiger partial charge on any atom is 0.573 e. The van der Waals surface area contributed by atoms with E-state index in [9.17, 15) is 18.0 Å². The van der Waals surface area contributed by atoms with E-state index < -0.39 is 6.36 Å². The molecule has 0 bridgehead atoms. The Balaban J connectivity index is 1.62. The minimum absolute atomic E-state index is 0.0126. The summed E-state index contributed by atoms with van der Waals surface area (Å²) in [5.41, 5.74) is 1.25. The highest BCUT2D eigenvalue weighted by Gasteiger charge is 2.31. The van der Waals surface area contributed by atoms with E-state index in [1.807, 2.05) is 17.8 Å². The van der Waals surface area contributed by atoms with Gasteiger partial charge in [-0.3, -0.25) is 9.69 Å². The van der Waals surface area contributed by atoms with E-state index in [0.717, 1.165) is 42.3 Å². The molecule has 1 saturated heterocycles. The Hall–Kier alpha value is -2.13. The van der Waals surface area contributed by atoms with Gasteiger partial charge >= 0.3 is 6.36 Å². The molecular formula is C18H19F3N2O3S. The largest absolute Gasteiger partial charge is 0.573 e. The lowest BCUT2D eigenvalue weighted by molar-refractivity contribution is -0.274. The van der Waals surface area contributed by atoms with Gasteiger partial charge in [-0.2, -0.15) is 11.8 Å². The molecule has 0 unspecified atom stereocenters. The van der Waals surface area contributed by atoms with E-state index in [2.05, 4.69) is 15.0 Å². The minimum atomic E-state index is -4.76. The summed E-state index contributed by atoms with van der Waals surface area (Å²) in [5, 5.41) is 2.86. The van der Waals surface area contributed by atoms with Crippen molar-refractivity contribution in [3.05, 3.63) is 54.0 Å². The van der Waals surface area contributed by atoms with E-state index >= 15 is 0 Å². The number of nitrogens with zero attached hydrogens (tertiary/aromatic N) is 1. The molecule has 1 amide bonds. The molecule has 146 valence electrons. The van der Waals surface area contributed by atoms with Crippen LogP contribution < -0.4 is 10.1 Å². The number of carbonyl (C=O) groups is 1. The fourth-order valence-electron chi connectivity index (χ4n) is 2.91. The molecule has 1 aromatic heterocycles. The summed E-state index contributed by atoms with van der Waals surface area (Å²) in [7, 11) is 0. The average molecular weight is 400 g/mol. The second-order valence-corrected chi connectivity index (χ2v) is 7.23. The van der Waals surface area contributed by atoms with Gasteiger partial charge in [-0.1, -0.05) is 0 Å². The van der Waals surface area contributed by atoms with Crippen molar-refractivity contribution in [3.8, 4) is 5.75 Å². The molecular weight excluding hydrogens is 381 g/mol. The highest BCUT2D eigenvalue weighted by molar-refractivity contribution is 7.99. The van der Waals surface area contributed by atoms with Gasteiger partial charge in [-0.05, 0) is 30.3 Å². The molecule has 0 spiro atoms. The van der Waals surface area contributed by atoms with Gasteiger partial charge in [0.25, 0.3) is 5.91 Å². The maximum atomic E-state index is 12.4. The molecule has 0 radical (unpaired) electrons. The van der Waals surface area contributed by atoms with E-state index in [0.29, 0.717) is 6.54 Å². The number of halogens is 3. The van der Waals surface area contributed by atoms with E-state index in [4.69, 9.17) is 4.42 Å². The summed E-state index contributed by atoms with van der Waals surface area (Å²) in [5.74, 6) is 1.35. The third-order valence-corrected chi connectivity index (χ3v) is 5.16. The fourth-order valence-corrected chi connectivity index (χ4v) is 3.84. The van der Waals surface area contributed by atoms with E-state index in [1.165, 1.54) is 12.1 Å². The number of thioether (sulfide) groups is 1. The Kier molecular flexibility index (Phi) is 6.33. The second-order valence-electron chi connectivity index (χ2n) is 6.00. The molecule has 0 aliphatic carbocycles. The van der Waals surface area contributed by atoms with Crippen LogP contribution in [0, 0.1) is 0 Å². The molecule has 27 heavy (non-hydrogen) atoms. The Morgan fingerprint density at radius 2 is 1.93 bits per heavy atom. The van der Waals surface area contributed by atoms with Crippen LogP contribution in [0.1, 0.15) is 22.0 Å². The van der Waals surface area contributed by atoms with Crippen molar-refractivity contribution in [3.63, 3.8) is 0 Å². The molecule has 1 N–H and O–H groups in total. The summed E-state index contributed by atoms with van der Waals surface area (Å²) in [6.45, 7) is 2.21. The molecule has 1 aliphatic rings. The summed E-state index contributed by atoms with van der Waals surface area (Å²) in [4.78, 5) is 14.7. The quantitative estimate of drug-likeness (QED) is 0.802. The molecule has 0 saturated carbocycles. The zero-order chi connectivity index (χ0) is 19.3. The first-order valence-electron chi connectivity index (χ1n) is 8.40. The van der Waals surface area contributed by atoms with Gasteiger partial charge in [-0.15, -0.1) is 13.2 Å². The van der Waals surface area contributed by atoms with Crippen LogP contribution in [0.2, 0.25) is 0 Å². The van der Waals surface area contributed by atoms with Gasteiger partial charge in [0.2, 0.25) is 0 Å². The lowest BCUT2D eigenvalue weighted by Gasteiger charge is -2.34. The lowest BCUT2D eigenvalue weighted by atomic mass is 10.1. The smallest absolute Gasteiger partial charge is 0.472 e. The van der Waals surface area contributed by atoms with Crippen LogP contribution in [0.5, 0.6) is 5.75 Å². The van der Waals surface area contributed by atoms with Crippen molar-refractivity contribution in [2.75, 3.05) is 31.1 Å². The molecule has 1 aromatic carbocycles. The van der Waals surface area contributed by atoms with Crippen molar-refractivity contribution in [1.29, 1.82) is 0 Å². The number of rotatable bonds is 6. The van der Waals surface area contributed by atoms with Crippen LogP contribution in [0.25, 0.3) is 0 Å². The second kappa shape index (κ2) is 8.71. The number of carbonyl (C=O) groups excluding carboxylic acids is 1. The number of hydrogen-bond donors (Lipinski definition) is 1. The first-order valence-corrected chi connectivity index (χ1v) is 9.56. The van der Waals surface area contributed by atoms with Crippen molar-refractivity contribution in [2.24, 2.45) is 0 Å². The zero-order valence-corrected chi connectivity index (χ0v) is 15.2. The Bertz CT molecular complexity index is 729. The average Bonchev–Trinajstić information content (AvgIpc) is 3.16. The molecule has 1 atom stereocenters. The fraction of sp³-hybridized carbons (Fsp3) is 0.389. The number of alkyl halides is 3. The summed E-state index contributed by atoms with van der Waals surface area (Å²) in [6, 6.07) is 6.72. The van der Waals surface area contributed by atoms with Gasteiger partial charge in [0.15, 0.2) is 0 Å². The van der Waals surface area contributed by atoms with Gasteiger partial charge in [0.1, 0.15) is 5.75 Å². The van der Waals surface area contributed by atoms with Crippen molar-refractivity contribution in [1.82, 2.24) is 10.2 Å². The summed E-state index contributed by atoms with van der Waals surface area (Å²) >= 11 is 1.90. The van der Waals surface area contributed by atoms with Crippen molar-refractivity contribution >= 4 is 17.7 Å². The molecule has 3 rings (SSSR count). The number of amides is 1. The SMILES string of the molecule is O=C(NC[C@@H](c1ccoc1)N1CCSCC1)c1ccc(OC(F)(F)F)cc1. The number of hydrogen-bond acceptors (Lipinski definition) is 5. The highest BCUT2D eigenvalue weighted by atomic mass is 32.2. The molecule has 1 fully saturated rings. The van der Waals surface area contributed by atoms with Crippen molar-refractivity contribution < 1.29 is 27.1 Å². The maximum absolute atomic E-state index is 12.4. The molecule has 2 heterocycles.